The Morgan fingerprint density at radius 1 is 0.793 bits per heavy atom. The normalized spacial score (nSPS) is 11.3. The number of hydrogen-bond donors (Lipinski definition) is 0. The molecular formula is C25H22N4. The Bertz CT molecular complexity index is 1310. The molecule has 3 aromatic carbocycles. The molecule has 2 heterocycles. The molecule has 0 saturated heterocycles. The first-order valence-corrected chi connectivity index (χ1v) is 9.78. The quantitative estimate of drug-likeness (QED) is 0.397. The summed E-state index contributed by atoms with van der Waals surface area (Å²) < 4.78 is 4.38. The highest BCUT2D eigenvalue weighted by Crippen LogP contribution is 2.29. The van der Waals surface area contributed by atoms with Crippen LogP contribution >= 0.6 is 0 Å². The van der Waals surface area contributed by atoms with Crippen LogP contribution in [0.4, 0.5) is 0 Å². The largest absolute Gasteiger partial charge is 0.299 e. The van der Waals surface area contributed by atoms with Gasteiger partial charge in [0.15, 0.2) is 0 Å². The Balaban J connectivity index is 1.72. The minimum absolute atomic E-state index is 0.933. The van der Waals surface area contributed by atoms with Gasteiger partial charge in [-0.2, -0.15) is 0 Å². The second kappa shape index (κ2) is 6.74. The Kier molecular flexibility index (Phi) is 4.06. The predicted octanol–water partition coefficient (Wildman–Crippen LogP) is 5.80. The fourth-order valence-corrected chi connectivity index (χ4v) is 4.12. The van der Waals surface area contributed by atoms with Gasteiger partial charge in [-0.3, -0.25) is 9.13 Å². The fourth-order valence-electron chi connectivity index (χ4n) is 4.12. The number of aromatic nitrogens is 4. The van der Waals surface area contributed by atoms with Crippen LogP contribution in [0.25, 0.3) is 33.8 Å². The Morgan fingerprint density at radius 2 is 1.55 bits per heavy atom. The molecule has 0 amide bonds. The second-order valence-electron chi connectivity index (χ2n) is 7.39. The van der Waals surface area contributed by atoms with Gasteiger partial charge in [-0.25, -0.2) is 9.97 Å². The molecule has 0 aliphatic rings. The van der Waals surface area contributed by atoms with Crippen LogP contribution in [0.1, 0.15) is 17.0 Å². The van der Waals surface area contributed by atoms with Gasteiger partial charge in [0.1, 0.15) is 11.6 Å². The van der Waals surface area contributed by atoms with Crippen molar-refractivity contribution in [3.63, 3.8) is 0 Å². The lowest BCUT2D eigenvalue weighted by Gasteiger charge is -2.14. The second-order valence-corrected chi connectivity index (χ2v) is 7.39. The number of hydrogen-bond acceptors (Lipinski definition) is 2. The molecular weight excluding hydrogens is 356 g/mol. The van der Waals surface area contributed by atoms with E-state index in [0.29, 0.717) is 0 Å². The van der Waals surface area contributed by atoms with Crippen LogP contribution in [-0.2, 0) is 0 Å². The summed E-state index contributed by atoms with van der Waals surface area (Å²) in [5, 5.41) is 0. The molecule has 0 bridgehead atoms. The van der Waals surface area contributed by atoms with Gasteiger partial charge in [0.2, 0.25) is 0 Å². The molecule has 142 valence electrons. The van der Waals surface area contributed by atoms with Crippen LogP contribution in [0.15, 0.2) is 79.1 Å². The molecule has 4 heteroatoms. The number of nitrogens with zero attached hydrogens (tertiary/aromatic N) is 4. The molecule has 29 heavy (non-hydrogen) atoms. The summed E-state index contributed by atoms with van der Waals surface area (Å²) in [7, 11) is 0. The predicted molar refractivity (Wildman–Crippen MR) is 118 cm³/mol. The summed E-state index contributed by atoms with van der Waals surface area (Å²) in [6.45, 7) is 6.33. The van der Waals surface area contributed by atoms with E-state index < -0.39 is 0 Å². The van der Waals surface area contributed by atoms with Crippen molar-refractivity contribution >= 4 is 11.0 Å². The minimum atomic E-state index is 0.933. The van der Waals surface area contributed by atoms with E-state index in [2.05, 4.69) is 83.6 Å². The van der Waals surface area contributed by atoms with E-state index in [-0.39, 0.29) is 0 Å². The van der Waals surface area contributed by atoms with Crippen LogP contribution in [0, 0.1) is 20.8 Å². The van der Waals surface area contributed by atoms with Gasteiger partial charge >= 0.3 is 0 Å². The van der Waals surface area contributed by atoms with Gasteiger partial charge in [-0.05, 0) is 62.2 Å². The van der Waals surface area contributed by atoms with Gasteiger partial charge in [-0.1, -0.05) is 36.4 Å². The van der Waals surface area contributed by atoms with Crippen molar-refractivity contribution in [2.75, 3.05) is 0 Å². The van der Waals surface area contributed by atoms with Crippen molar-refractivity contribution in [1.82, 2.24) is 19.1 Å². The van der Waals surface area contributed by atoms with Crippen molar-refractivity contribution in [3.8, 4) is 22.8 Å². The molecule has 2 aromatic heterocycles. The first-order valence-electron chi connectivity index (χ1n) is 9.78. The molecule has 5 aromatic rings. The maximum Gasteiger partial charge on any atom is 0.144 e. The minimum Gasteiger partial charge on any atom is -0.299 e. The topological polar surface area (TPSA) is 35.6 Å². The van der Waals surface area contributed by atoms with Crippen molar-refractivity contribution in [2.45, 2.75) is 20.8 Å². The molecule has 0 unspecified atom stereocenters. The van der Waals surface area contributed by atoms with Gasteiger partial charge in [-0.15, -0.1) is 0 Å². The van der Waals surface area contributed by atoms with E-state index in [4.69, 9.17) is 9.97 Å². The fraction of sp³-hybridized carbons (Fsp3) is 0.120. The van der Waals surface area contributed by atoms with E-state index in [0.717, 1.165) is 33.9 Å². The van der Waals surface area contributed by atoms with Gasteiger partial charge in [0, 0.05) is 23.6 Å². The lowest BCUT2D eigenvalue weighted by Crippen LogP contribution is -2.01. The number of para-hydroxylation sites is 2. The highest BCUT2D eigenvalue weighted by molar-refractivity contribution is 5.83. The number of benzene rings is 3. The third-order valence-corrected chi connectivity index (χ3v) is 5.42. The van der Waals surface area contributed by atoms with Crippen LogP contribution < -0.4 is 0 Å². The molecule has 0 fully saturated rings. The smallest absolute Gasteiger partial charge is 0.144 e. The van der Waals surface area contributed by atoms with Gasteiger partial charge in [0.25, 0.3) is 0 Å². The van der Waals surface area contributed by atoms with Crippen molar-refractivity contribution < 1.29 is 0 Å². The van der Waals surface area contributed by atoms with Crippen LogP contribution in [0.2, 0.25) is 0 Å². The maximum atomic E-state index is 4.76. The lowest BCUT2D eigenvalue weighted by molar-refractivity contribution is 1.00. The first-order chi connectivity index (χ1) is 14.1. The molecule has 0 saturated carbocycles. The van der Waals surface area contributed by atoms with Gasteiger partial charge in [0.05, 0.1) is 16.7 Å². The van der Waals surface area contributed by atoms with Crippen LogP contribution in [0.5, 0.6) is 0 Å². The molecule has 0 radical (unpaired) electrons. The number of imidazole rings is 2. The summed E-state index contributed by atoms with van der Waals surface area (Å²) in [5.41, 5.74) is 7.91. The zero-order valence-corrected chi connectivity index (χ0v) is 16.8. The first kappa shape index (κ1) is 17.4. The SMILES string of the molecule is Cc1cccc(C)c1-n1ccnc1-c1ccc2nc(C)n(-c3ccccc3)c2c1. The average Bonchev–Trinajstić information content (AvgIpc) is 3.32. The zero-order chi connectivity index (χ0) is 20.0. The Morgan fingerprint density at radius 3 is 2.31 bits per heavy atom. The van der Waals surface area contributed by atoms with Crippen molar-refractivity contribution in [3.05, 3.63) is 96.1 Å². The molecule has 0 spiro atoms. The van der Waals surface area contributed by atoms with Crippen LogP contribution in [0.3, 0.4) is 0 Å². The summed E-state index contributed by atoms with van der Waals surface area (Å²) in [4.78, 5) is 9.45. The van der Waals surface area contributed by atoms with E-state index in [9.17, 15) is 0 Å². The number of fused-ring (bicyclic) bond motifs is 1. The summed E-state index contributed by atoms with van der Waals surface area (Å²) in [5.74, 6) is 1.91. The summed E-state index contributed by atoms with van der Waals surface area (Å²) in [6.07, 6.45) is 3.90. The molecule has 0 atom stereocenters. The molecule has 0 N–H and O–H groups in total. The highest BCUT2D eigenvalue weighted by atomic mass is 15.1. The molecule has 5 rings (SSSR count). The third-order valence-electron chi connectivity index (χ3n) is 5.42. The van der Waals surface area contributed by atoms with Crippen LogP contribution in [-0.4, -0.2) is 19.1 Å². The maximum absolute atomic E-state index is 4.76. The van der Waals surface area contributed by atoms with Gasteiger partial charge < -0.3 is 0 Å². The van der Waals surface area contributed by atoms with Crippen molar-refractivity contribution in [1.29, 1.82) is 0 Å². The zero-order valence-electron chi connectivity index (χ0n) is 16.8. The summed E-state index contributed by atoms with van der Waals surface area (Å²) in [6, 6.07) is 23.1. The molecule has 0 aliphatic heterocycles. The monoisotopic (exact) mass is 378 g/mol. The Labute approximate surface area is 170 Å². The Hall–Kier alpha value is -3.66. The molecule has 0 aliphatic carbocycles. The van der Waals surface area contributed by atoms with E-state index >= 15 is 0 Å². The standard InChI is InChI=1S/C25H22N4/c1-17-8-7-9-18(2)24(17)28-15-14-26-25(28)20-12-13-22-23(16-20)29(19(3)27-22)21-10-5-4-6-11-21/h4-16H,1-3H3. The average molecular weight is 378 g/mol. The molecule has 4 nitrogen and oxygen atoms in total. The van der Waals surface area contributed by atoms with E-state index in [1.54, 1.807) is 0 Å². The highest BCUT2D eigenvalue weighted by Gasteiger charge is 2.15. The van der Waals surface area contributed by atoms with E-state index in [1.807, 2.05) is 25.4 Å². The number of rotatable bonds is 3. The van der Waals surface area contributed by atoms with Crippen molar-refractivity contribution in [2.24, 2.45) is 0 Å². The van der Waals surface area contributed by atoms with E-state index in [1.165, 1.54) is 16.8 Å². The summed E-state index contributed by atoms with van der Waals surface area (Å²) >= 11 is 0. The lowest BCUT2D eigenvalue weighted by atomic mass is 10.1. The third kappa shape index (κ3) is 2.85. The number of aryl methyl sites for hydroxylation is 3.